The van der Waals surface area contributed by atoms with Gasteiger partial charge in [0.05, 0.1) is 11.2 Å². The van der Waals surface area contributed by atoms with Gasteiger partial charge in [-0.2, -0.15) is 0 Å². The molecule has 200 valence electrons. The smallest absolute Gasteiger partial charge is 0.267 e. The lowest BCUT2D eigenvalue weighted by atomic mass is 9.78. The van der Waals surface area contributed by atoms with E-state index in [-0.39, 0.29) is 5.92 Å². The van der Waals surface area contributed by atoms with Gasteiger partial charge in [-0.15, -0.1) is 0 Å². The van der Waals surface area contributed by atoms with Crippen LogP contribution in [0, 0.1) is 5.92 Å². The standard InChI is InChI=1S/C31H27N5O4/c1-31-23(12-6-18-33-31)11-4-14-25(31)35-30(39)27(22-9-2-7-20(19-22)15-16-26(37)36-40)29(38)34-24-13-3-8-21-10-5-17-32-28(21)24/h2-19,23,27,40H,1H3,(H,34,38)(H,35,39)(H,36,37)/b16-15+. The summed E-state index contributed by atoms with van der Waals surface area (Å²) in [5.41, 5.74) is 3.44. The van der Waals surface area contributed by atoms with E-state index in [0.29, 0.717) is 28.0 Å². The minimum absolute atomic E-state index is 0.0435. The summed E-state index contributed by atoms with van der Waals surface area (Å²) in [6.07, 6.45) is 15.5. The van der Waals surface area contributed by atoms with Gasteiger partial charge in [0.2, 0.25) is 11.8 Å². The molecule has 1 aromatic heterocycles. The highest BCUT2D eigenvalue weighted by molar-refractivity contribution is 6.13. The number of nitrogens with zero attached hydrogens (tertiary/aromatic N) is 2. The van der Waals surface area contributed by atoms with Crippen LogP contribution in [0.2, 0.25) is 0 Å². The second kappa shape index (κ2) is 11.3. The number of pyridine rings is 1. The van der Waals surface area contributed by atoms with E-state index >= 15 is 0 Å². The number of para-hydroxylation sites is 1. The second-order valence-corrected chi connectivity index (χ2v) is 9.57. The first kappa shape index (κ1) is 26.5. The molecule has 2 aliphatic rings. The lowest BCUT2D eigenvalue weighted by Gasteiger charge is -2.37. The van der Waals surface area contributed by atoms with E-state index in [0.717, 1.165) is 11.5 Å². The molecule has 3 atom stereocenters. The van der Waals surface area contributed by atoms with Crippen LogP contribution in [0.4, 0.5) is 5.69 Å². The molecule has 9 nitrogen and oxygen atoms in total. The minimum Gasteiger partial charge on any atom is -0.326 e. The van der Waals surface area contributed by atoms with Gasteiger partial charge in [-0.05, 0) is 48.4 Å². The Hall–Kier alpha value is -5.15. The number of hydrogen-bond acceptors (Lipinski definition) is 6. The molecule has 1 aliphatic carbocycles. The van der Waals surface area contributed by atoms with E-state index in [1.807, 2.05) is 49.4 Å². The van der Waals surface area contributed by atoms with Crippen LogP contribution in [0.1, 0.15) is 24.0 Å². The van der Waals surface area contributed by atoms with Crippen molar-refractivity contribution in [1.82, 2.24) is 15.8 Å². The van der Waals surface area contributed by atoms with Crippen LogP contribution < -0.4 is 16.1 Å². The Balaban J connectivity index is 1.50. The minimum atomic E-state index is -1.25. The number of fused-ring (bicyclic) bond motifs is 2. The van der Waals surface area contributed by atoms with Crippen molar-refractivity contribution in [2.24, 2.45) is 10.9 Å². The molecule has 0 saturated carbocycles. The summed E-state index contributed by atoms with van der Waals surface area (Å²) in [5, 5.41) is 15.5. The molecule has 0 bridgehead atoms. The highest BCUT2D eigenvalue weighted by Crippen LogP contribution is 2.36. The number of amides is 3. The molecule has 2 aromatic carbocycles. The number of rotatable bonds is 7. The summed E-state index contributed by atoms with van der Waals surface area (Å²) in [5.74, 6) is -3.09. The van der Waals surface area contributed by atoms with Crippen molar-refractivity contribution < 1.29 is 19.6 Å². The molecule has 5 rings (SSSR count). The number of nitrogens with one attached hydrogen (secondary N) is 3. The Morgan fingerprint density at radius 1 is 1.00 bits per heavy atom. The lowest BCUT2D eigenvalue weighted by molar-refractivity contribution is -0.129. The van der Waals surface area contributed by atoms with Gasteiger partial charge in [-0.1, -0.05) is 60.7 Å². The molecule has 9 heteroatoms. The second-order valence-electron chi connectivity index (χ2n) is 9.57. The zero-order valence-corrected chi connectivity index (χ0v) is 21.6. The number of anilines is 1. The van der Waals surface area contributed by atoms with E-state index in [2.05, 4.69) is 20.6 Å². The van der Waals surface area contributed by atoms with E-state index in [4.69, 9.17) is 5.21 Å². The van der Waals surface area contributed by atoms with Gasteiger partial charge in [-0.3, -0.25) is 29.6 Å². The fraction of sp³-hybridized carbons (Fsp3) is 0.129. The molecule has 3 amide bonds. The van der Waals surface area contributed by atoms with Crippen molar-refractivity contribution in [3.63, 3.8) is 0 Å². The predicted octanol–water partition coefficient (Wildman–Crippen LogP) is 4.06. The third kappa shape index (κ3) is 5.36. The summed E-state index contributed by atoms with van der Waals surface area (Å²) in [6, 6.07) is 15.9. The summed E-state index contributed by atoms with van der Waals surface area (Å²) >= 11 is 0. The molecule has 4 N–H and O–H groups in total. The number of aromatic nitrogens is 1. The molecule has 0 radical (unpaired) electrons. The lowest BCUT2D eigenvalue weighted by Crippen LogP contribution is -2.46. The third-order valence-electron chi connectivity index (χ3n) is 6.98. The molecule has 0 spiro atoms. The van der Waals surface area contributed by atoms with Crippen molar-refractivity contribution in [2.45, 2.75) is 18.4 Å². The number of allylic oxidation sites excluding steroid dienone is 3. The normalized spacial score (nSPS) is 20.1. The summed E-state index contributed by atoms with van der Waals surface area (Å²) in [7, 11) is 0. The number of dihydropyridines is 1. The molecule has 3 unspecified atom stereocenters. The SMILES string of the molecule is CC12N=CC=CC1C=CC=C2NC(=O)C(C(=O)Nc1cccc2cccnc12)c1cccc(/C=C/C(=O)NO)c1. The van der Waals surface area contributed by atoms with Crippen molar-refractivity contribution in [2.75, 3.05) is 5.32 Å². The third-order valence-corrected chi connectivity index (χ3v) is 6.98. The Bertz CT molecular complexity index is 1630. The van der Waals surface area contributed by atoms with Gasteiger partial charge in [0.25, 0.3) is 5.91 Å². The fourth-order valence-electron chi connectivity index (χ4n) is 4.84. The summed E-state index contributed by atoms with van der Waals surface area (Å²) in [6.45, 7) is 1.93. The molecule has 2 heterocycles. The molecule has 1 aliphatic heterocycles. The van der Waals surface area contributed by atoms with Crippen molar-refractivity contribution in [3.05, 3.63) is 114 Å². The van der Waals surface area contributed by atoms with Crippen LogP contribution in [-0.2, 0) is 14.4 Å². The van der Waals surface area contributed by atoms with Crippen LogP contribution in [0.15, 0.2) is 108 Å². The van der Waals surface area contributed by atoms with Crippen LogP contribution in [-0.4, -0.2) is 39.7 Å². The summed E-state index contributed by atoms with van der Waals surface area (Å²) < 4.78 is 0. The molecular formula is C31H27N5O4. The van der Waals surface area contributed by atoms with Crippen molar-refractivity contribution in [1.29, 1.82) is 0 Å². The van der Waals surface area contributed by atoms with Crippen LogP contribution in [0.25, 0.3) is 17.0 Å². The molecule has 3 aromatic rings. The number of hydroxylamine groups is 1. The van der Waals surface area contributed by atoms with E-state index < -0.39 is 29.2 Å². The Kier molecular flexibility index (Phi) is 7.48. The predicted molar refractivity (Wildman–Crippen MR) is 153 cm³/mol. The first-order valence-electron chi connectivity index (χ1n) is 12.7. The first-order chi connectivity index (χ1) is 19.4. The topological polar surface area (TPSA) is 133 Å². The van der Waals surface area contributed by atoms with E-state index in [9.17, 15) is 14.4 Å². The maximum absolute atomic E-state index is 13.9. The highest BCUT2D eigenvalue weighted by atomic mass is 16.5. The quantitative estimate of drug-likeness (QED) is 0.157. The summed E-state index contributed by atoms with van der Waals surface area (Å²) in [4.78, 5) is 48.3. The number of carbonyl (C=O) groups excluding carboxylic acids is 3. The number of benzene rings is 2. The average molecular weight is 534 g/mol. The Labute approximate surface area is 230 Å². The van der Waals surface area contributed by atoms with Crippen LogP contribution >= 0.6 is 0 Å². The zero-order valence-electron chi connectivity index (χ0n) is 21.6. The maximum atomic E-state index is 13.9. The van der Waals surface area contributed by atoms with Gasteiger partial charge in [0.1, 0.15) is 11.5 Å². The number of hydrogen-bond donors (Lipinski definition) is 4. The van der Waals surface area contributed by atoms with Crippen LogP contribution in [0.3, 0.4) is 0 Å². The number of carbonyl (C=O) groups is 3. The molecule has 40 heavy (non-hydrogen) atoms. The first-order valence-corrected chi connectivity index (χ1v) is 12.7. The van der Waals surface area contributed by atoms with E-state index in [1.165, 1.54) is 11.6 Å². The van der Waals surface area contributed by atoms with Gasteiger partial charge in [0.15, 0.2) is 0 Å². The maximum Gasteiger partial charge on any atom is 0.267 e. The van der Waals surface area contributed by atoms with Crippen molar-refractivity contribution >= 4 is 46.6 Å². The van der Waals surface area contributed by atoms with Crippen molar-refractivity contribution in [3.8, 4) is 0 Å². The monoisotopic (exact) mass is 533 g/mol. The molecule has 0 saturated heterocycles. The molecule has 0 fully saturated rings. The van der Waals surface area contributed by atoms with Crippen LogP contribution in [0.5, 0.6) is 0 Å². The van der Waals surface area contributed by atoms with Gasteiger partial charge in [-0.25, -0.2) is 5.48 Å². The van der Waals surface area contributed by atoms with E-state index in [1.54, 1.807) is 54.9 Å². The molecular weight excluding hydrogens is 506 g/mol. The fourth-order valence-corrected chi connectivity index (χ4v) is 4.84. The largest absolute Gasteiger partial charge is 0.326 e. The number of aliphatic imine (C=N–C) groups is 1. The Morgan fingerprint density at radius 3 is 2.62 bits per heavy atom. The zero-order chi connectivity index (χ0) is 28.1. The van der Waals surface area contributed by atoms with Gasteiger partial charge < -0.3 is 10.6 Å². The average Bonchev–Trinajstić information content (AvgIpc) is 2.97. The van der Waals surface area contributed by atoms with Gasteiger partial charge >= 0.3 is 0 Å². The highest BCUT2D eigenvalue weighted by Gasteiger charge is 2.40. The van der Waals surface area contributed by atoms with Gasteiger partial charge in [0, 0.05) is 35.5 Å². The Morgan fingerprint density at radius 2 is 1.77 bits per heavy atom.